The first-order chi connectivity index (χ1) is 7.95. The van der Waals surface area contributed by atoms with Gasteiger partial charge in [-0.3, -0.25) is 4.79 Å². The molecule has 1 unspecified atom stereocenters. The molecule has 1 aromatic rings. The Balaban J connectivity index is 2.81. The molecule has 5 heteroatoms. The zero-order valence-corrected chi connectivity index (χ0v) is 11.1. The number of amides is 1. The number of benzene rings is 1. The molecule has 0 heterocycles. The normalized spacial score (nSPS) is 12.0. The monoisotopic (exact) mass is 298 g/mol. The van der Waals surface area contributed by atoms with Crippen molar-refractivity contribution in [3.05, 3.63) is 28.5 Å². The lowest BCUT2D eigenvalue weighted by atomic mass is 9.96. The molecular formula is C12H12BrFN2O. The lowest BCUT2D eigenvalue weighted by molar-refractivity contribution is -0.119. The first-order valence-electron chi connectivity index (χ1n) is 5.11. The molecule has 90 valence electrons. The maximum Gasteiger partial charge on any atom is 0.241 e. The predicted molar refractivity (Wildman–Crippen MR) is 66.7 cm³/mol. The van der Waals surface area contributed by atoms with Gasteiger partial charge >= 0.3 is 0 Å². The van der Waals surface area contributed by atoms with Crippen LogP contribution in [-0.2, 0) is 4.79 Å². The van der Waals surface area contributed by atoms with Crippen LogP contribution in [0.1, 0.15) is 13.8 Å². The Morgan fingerprint density at radius 2 is 2.18 bits per heavy atom. The maximum absolute atomic E-state index is 13.2. The molecule has 1 rings (SSSR count). The lowest BCUT2D eigenvalue weighted by Gasteiger charge is -2.13. The number of hydrogen-bond acceptors (Lipinski definition) is 2. The van der Waals surface area contributed by atoms with Crippen molar-refractivity contribution < 1.29 is 9.18 Å². The van der Waals surface area contributed by atoms with Crippen LogP contribution in [0.15, 0.2) is 22.7 Å². The minimum Gasteiger partial charge on any atom is -0.325 e. The summed E-state index contributed by atoms with van der Waals surface area (Å²) in [5, 5.41) is 11.4. The molecule has 0 bridgehead atoms. The van der Waals surface area contributed by atoms with Crippen LogP contribution in [0.25, 0.3) is 0 Å². The Morgan fingerprint density at radius 1 is 1.53 bits per heavy atom. The third-order valence-electron chi connectivity index (χ3n) is 2.28. The maximum atomic E-state index is 13.2. The van der Waals surface area contributed by atoms with Crippen LogP contribution in [0.5, 0.6) is 0 Å². The highest BCUT2D eigenvalue weighted by atomic mass is 79.9. The van der Waals surface area contributed by atoms with Gasteiger partial charge in [0, 0.05) is 5.69 Å². The third-order valence-corrected chi connectivity index (χ3v) is 2.92. The highest BCUT2D eigenvalue weighted by molar-refractivity contribution is 9.10. The molecule has 0 aliphatic carbocycles. The molecule has 1 N–H and O–H groups in total. The first-order valence-corrected chi connectivity index (χ1v) is 5.90. The third kappa shape index (κ3) is 3.53. The fraction of sp³-hybridized carbons (Fsp3) is 0.333. The molecule has 0 aromatic heterocycles. The smallest absolute Gasteiger partial charge is 0.241 e. The molecule has 17 heavy (non-hydrogen) atoms. The standard InChI is InChI=1S/C12H12BrFN2O/c1-7(2)9(6-15)12(17)16-8-3-4-10(13)11(14)5-8/h3-5,7,9H,1-2H3,(H,16,17). The Bertz CT molecular complexity index is 468. The highest BCUT2D eigenvalue weighted by Crippen LogP contribution is 2.20. The lowest BCUT2D eigenvalue weighted by Crippen LogP contribution is -2.25. The van der Waals surface area contributed by atoms with Crippen molar-refractivity contribution in [2.24, 2.45) is 11.8 Å². The molecule has 0 aliphatic heterocycles. The molecule has 1 amide bonds. The zero-order chi connectivity index (χ0) is 13.0. The minimum atomic E-state index is -0.735. The summed E-state index contributed by atoms with van der Waals surface area (Å²) in [5.41, 5.74) is 0.344. The number of nitriles is 1. The van der Waals surface area contributed by atoms with E-state index < -0.39 is 17.6 Å². The molecule has 0 aliphatic rings. The van der Waals surface area contributed by atoms with E-state index >= 15 is 0 Å². The van der Waals surface area contributed by atoms with Crippen molar-refractivity contribution in [1.82, 2.24) is 0 Å². The first kappa shape index (κ1) is 13.7. The molecular weight excluding hydrogens is 287 g/mol. The molecule has 0 spiro atoms. The van der Waals surface area contributed by atoms with Crippen LogP contribution >= 0.6 is 15.9 Å². The molecule has 0 saturated heterocycles. The van der Waals surface area contributed by atoms with Gasteiger partial charge in [-0.15, -0.1) is 0 Å². The van der Waals surface area contributed by atoms with Crippen molar-refractivity contribution in [3.63, 3.8) is 0 Å². The van der Waals surface area contributed by atoms with Gasteiger partial charge in [0.05, 0.1) is 10.5 Å². The topological polar surface area (TPSA) is 52.9 Å². The van der Waals surface area contributed by atoms with E-state index in [1.54, 1.807) is 19.9 Å². The van der Waals surface area contributed by atoms with Gasteiger partial charge in [-0.1, -0.05) is 13.8 Å². The van der Waals surface area contributed by atoms with E-state index in [0.29, 0.717) is 10.2 Å². The van der Waals surface area contributed by atoms with Crippen molar-refractivity contribution in [1.29, 1.82) is 5.26 Å². The molecule has 0 radical (unpaired) electrons. The number of hydrogen-bond donors (Lipinski definition) is 1. The molecule has 3 nitrogen and oxygen atoms in total. The Labute approximate surface area is 108 Å². The average molecular weight is 299 g/mol. The van der Waals surface area contributed by atoms with E-state index in [9.17, 15) is 9.18 Å². The van der Waals surface area contributed by atoms with Crippen molar-refractivity contribution in [2.75, 3.05) is 5.32 Å². The number of halogens is 2. The van der Waals surface area contributed by atoms with E-state index in [-0.39, 0.29) is 5.92 Å². The molecule has 0 saturated carbocycles. The fourth-order valence-electron chi connectivity index (χ4n) is 1.30. The van der Waals surface area contributed by atoms with Gasteiger partial charge in [-0.25, -0.2) is 4.39 Å². The minimum absolute atomic E-state index is 0.0831. The SMILES string of the molecule is CC(C)C(C#N)C(=O)Nc1ccc(Br)c(F)c1. The second-order valence-electron chi connectivity index (χ2n) is 3.97. The van der Waals surface area contributed by atoms with Gasteiger partial charge in [-0.2, -0.15) is 5.26 Å². The van der Waals surface area contributed by atoms with Crippen LogP contribution in [0, 0.1) is 29.0 Å². The van der Waals surface area contributed by atoms with Crippen LogP contribution in [0.2, 0.25) is 0 Å². The van der Waals surface area contributed by atoms with E-state index in [1.807, 2.05) is 6.07 Å². The van der Waals surface area contributed by atoms with Crippen LogP contribution in [-0.4, -0.2) is 5.91 Å². The summed E-state index contributed by atoms with van der Waals surface area (Å²) in [7, 11) is 0. The van der Waals surface area contributed by atoms with Crippen molar-refractivity contribution in [2.45, 2.75) is 13.8 Å². The number of nitrogens with zero attached hydrogens (tertiary/aromatic N) is 1. The number of carbonyl (C=O) groups excluding carboxylic acids is 1. The molecule has 1 atom stereocenters. The van der Waals surface area contributed by atoms with Crippen LogP contribution < -0.4 is 5.32 Å². The van der Waals surface area contributed by atoms with Crippen LogP contribution in [0.4, 0.5) is 10.1 Å². The number of anilines is 1. The Hall–Kier alpha value is -1.41. The summed E-state index contributed by atoms with van der Waals surface area (Å²) in [6, 6.07) is 6.21. The van der Waals surface area contributed by atoms with E-state index in [4.69, 9.17) is 5.26 Å². The second kappa shape index (κ2) is 5.78. The number of nitrogens with one attached hydrogen (secondary N) is 1. The highest BCUT2D eigenvalue weighted by Gasteiger charge is 2.21. The Morgan fingerprint density at radius 3 is 2.65 bits per heavy atom. The summed E-state index contributed by atoms with van der Waals surface area (Å²) in [6.45, 7) is 3.57. The Kier molecular flexibility index (Phi) is 4.64. The largest absolute Gasteiger partial charge is 0.325 e. The van der Waals surface area contributed by atoms with E-state index in [1.165, 1.54) is 12.1 Å². The average Bonchev–Trinajstić information content (AvgIpc) is 2.24. The van der Waals surface area contributed by atoms with Crippen molar-refractivity contribution in [3.8, 4) is 6.07 Å². The number of rotatable bonds is 3. The van der Waals surface area contributed by atoms with Gasteiger partial charge in [0.15, 0.2) is 0 Å². The summed E-state index contributed by atoms with van der Waals surface area (Å²) < 4.78 is 13.5. The second-order valence-corrected chi connectivity index (χ2v) is 4.82. The van der Waals surface area contributed by atoms with E-state index in [2.05, 4.69) is 21.2 Å². The fourth-order valence-corrected chi connectivity index (χ4v) is 1.55. The molecule has 0 fully saturated rings. The quantitative estimate of drug-likeness (QED) is 0.930. The zero-order valence-electron chi connectivity index (χ0n) is 9.50. The van der Waals surface area contributed by atoms with Gasteiger partial charge in [0.25, 0.3) is 0 Å². The summed E-state index contributed by atoms with van der Waals surface area (Å²) in [6.07, 6.45) is 0. The molecule has 1 aromatic carbocycles. The van der Waals surface area contributed by atoms with Gasteiger partial charge in [0.2, 0.25) is 5.91 Å². The van der Waals surface area contributed by atoms with E-state index in [0.717, 1.165) is 0 Å². The summed E-state index contributed by atoms with van der Waals surface area (Å²) in [4.78, 5) is 11.7. The van der Waals surface area contributed by atoms with Crippen LogP contribution in [0.3, 0.4) is 0 Å². The number of carbonyl (C=O) groups is 1. The van der Waals surface area contributed by atoms with Gasteiger partial charge in [-0.05, 0) is 40.0 Å². The van der Waals surface area contributed by atoms with Gasteiger partial charge in [0.1, 0.15) is 11.7 Å². The van der Waals surface area contributed by atoms with Crippen molar-refractivity contribution >= 4 is 27.5 Å². The summed E-state index contributed by atoms with van der Waals surface area (Å²) >= 11 is 3.02. The summed E-state index contributed by atoms with van der Waals surface area (Å²) in [5.74, 6) is -1.69. The van der Waals surface area contributed by atoms with Gasteiger partial charge < -0.3 is 5.32 Å². The predicted octanol–water partition coefficient (Wildman–Crippen LogP) is 3.32.